The van der Waals surface area contributed by atoms with Gasteiger partial charge in [-0.2, -0.15) is 8.78 Å². The summed E-state index contributed by atoms with van der Waals surface area (Å²) >= 11 is 0. The number of hydrogen-bond acceptors (Lipinski definition) is 5. The molecule has 0 saturated heterocycles. The van der Waals surface area contributed by atoms with Crippen molar-refractivity contribution in [3.05, 3.63) is 29.8 Å². The summed E-state index contributed by atoms with van der Waals surface area (Å²) in [6.45, 7) is 3.70. The third-order valence-electron chi connectivity index (χ3n) is 2.86. The molecule has 0 radical (unpaired) electrons. The average Bonchev–Trinajstić information content (AvgIpc) is 2.52. The minimum Gasteiger partial charge on any atom is -0.449 e. The molecule has 1 atom stereocenters. The minimum absolute atomic E-state index is 0.0478. The summed E-state index contributed by atoms with van der Waals surface area (Å²) in [6.07, 6.45) is -0.300. The smallest absolute Gasteiger partial charge is 0.341 e. The number of benzene rings is 1. The topological polar surface area (TPSA) is 89.5 Å². The van der Waals surface area contributed by atoms with Gasteiger partial charge in [0.25, 0.3) is 5.91 Å². The van der Waals surface area contributed by atoms with Gasteiger partial charge < -0.3 is 10.1 Å². The third-order valence-corrected chi connectivity index (χ3v) is 4.25. The molecule has 0 heterocycles. The number of halogens is 2. The Morgan fingerprint density at radius 2 is 1.78 bits per heavy atom. The van der Waals surface area contributed by atoms with Crippen molar-refractivity contribution in [1.29, 1.82) is 0 Å². The lowest BCUT2D eigenvalue weighted by atomic mass is 10.2. The summed E-state index contributed by atoms with van der Waals surface area (Å²) in [4.78, 5) is 22.8. The molecule has 23 heavy (non-hydrogen) atoms. The summed E-state index contributed by atoms with van der Waals surface area (Å²) in [7, 11) is -4.72. The van der Waals surface area contributed by atoms with E-state index in [1.807, 2.05) is 6.92 Å². The summed E-state index contributed by atoms with van der Waals surface area (Å²) in [5.74, 6) is -4.86. The fourth-order valence-electron chi connectivity index (χ4n) is 1.56. The molecule has 0 aliphatic rings. The van der Waals surface area contributed by atoms with Gasteiger partial charge in [-0.3, -0.25) is 4.79 Å². The number of nitrogens with one attached hydrogen (secondary N) is 1. The van der Waals surface area contributed by atoms with Gasteiger partial charge in [0.2, 0.25) is 9.84 Å². The molecule has 0 fully saturated rings. The van der Waals surface area contributed by atoms with Crippen LogP contribution in [0.1, 0.15) is 30.6 Å². The summed E-state index contributed by atoms with van der Waals surface area (Å²) in [6, 6.07) is 3.88. The van der Waals surface area contributed by atoms with Crippen molar-refractivity contribution in [1.82, 2.24) is 5.32 Å². The second kappa shape index (κ2) is 8.00. The van der Waals surface area contributed by atoms with Crippen molar-refractivity contribution in [2.75, 3.05) is 6.54 Å². The molecule has 1 aromatic rings. The van der Waals surface area contributed by atoms with Crippen molar-refractivity contribution in [3.8, 4) is 0 Å². The van der Waals surface area contributed by atoms with Crippen LogP contribution in [0.2, 0.25) is 0 Å². The molecule has 0 aromatic heterocycles. The van der Waals surface area contributed by atoms with Crippen molar-refractivity contribution in [3.63, 3.8) is 0 Å². The maximum absolute atomic E-state index is 12.4. The Balaban J connectivity index is 2.77. The van der Waals surface area contributed by atoms with Gasteiger partial charge in [-0.05, 0) is 37.6 Å². The minimum atomic E-state index is -4.72. The molecule has 0 saturated carbocycles. The van der Waals surface area contributed by atoms with Crippen LogP contribution in [0.4, 0.5) is 8.78 Å². The first-order valence-electron chi connectivity index (χ1n) is 6.81. The molecule has 1 N–H and O–H groups in total. The SMILES string of the molecule is CCCNC(=O)[C@@H](C)OC(=O)c1ccc(S(=O)(=O)C(F)F)cc1. The molecule has 0 aliphatic heterocycles. The highest BCUT2D eigenvalue weighted by Gasteiger charge is 2.27. The van der Waals surface area contributed by atoms with Crippen LogP contribution >= 0.6 is 0 Å². The van der Waals surface area contributed by atoms with Gasteiger partial charge in [-0.1, -0.05) is 6.92 Å². The first-order valence-corrected chi connectivity index (χ1v) is 8.35. The Labute approximate surface area is 132 Å². The van der Waals surface area contributed by atoms with Gasteiger partial charge in [0.15, 0.2) is 6.10 Å². The molecule has 9 heteroatoms. The standard InChI is InChI=1S/C14H17F2NO5S/c1-3-8-17-12(18)9(2)22-13(19)10-4-6-11(7-5-10)23(20,21)14(15)16/h4-7,9,14H,3,8H2,1-2H3,(H,17,18)/t9-/m1/s1. The molecule has 0 bridgehead atoms. The maximum atomic E-state index is 12.4. The highest BCUT2D eigenvalue weighted by Crippen LogP contribution is 2.19. The van der Waals surface area contributed by atoms with Gasteiger partial charge >= 0.3 is 11.7 Å². The van der Waals surface area contributed by atoms with Crippen molar-refractivity contribution >= 4 is 21.7 Å². The first-order chi connectivity index (χ1) is 10.7. The molecule has 0 unspecified atom stereocenters. The number of amides is 1. The van der Waals surface area contributed by atoms with E-state index >= 15 is 0 Å². The molecule has 6 nitrogen and oxygen atoms in total. The van der Waals surface area contributed by atoms with E-state index in [1.54, 1.807) is 0 Å². The fourth-order valence-corrected chi connectivity index (χ4v) is 2.28. The van der Waals surface area contributed by atoms with E-state index in [2.05, 4.69) is 5.32 Å². The van der Waals surface area contributed by atoms with Crippen LogP contribution in [0.3, 0.4) is 0 Å². The van der Waals surface area contributed by atoms with Gasteiger partial charge in [0.1, 0.15) is 0 Å². The van der Waals surface area contributed by atoms with Gasteiger partial charge in [-0.25, -0.2) is 13.2 Å². The molecule has 1 rings (SSSR count). The molecule has 128 valence electrons. The number of carbonyl (C=O) groups excluding carboxylic acids is 2. The molecule has 1 aromatic carbocycles. The molecule has 0 spiro atoms. The predicted octanol–water partition coefficient (Wildman–Crippen LogP) is 1.75. The predicted molar refractivity (Wildman–Crippen MR) is 77.8 cm³/mol. The quantitative estimate of drug-likeness (QED) is 0.758. The van der Waals surface area contributed by atoms with Crippen LogP contribution in [0.5, 0.6) is 0 Å². The second-order valence-corrected chi connectivity index (χ2v) is 6.59. The largest absolute Gasteiger partial charge is 0.449 e. The Kier molecular flexibility index (Phi) is 6.62. The van der Waals surface area contributed by atoms with E-state index < -0.39 is 38.5 Å². The zero-order chi connectivity index (χ0) is 17.6. The Hall–Kier alpha value is -2.03. The number of sulfone groups is 1. The van der Waals surface area contributed by atoms with E-state index in [0.29, 0.717) is 6.54 Å². The molecule has 0 aliphatic carbocycles. The third kappa shape index (κ3) is 4.98. The zero-order valence-corrected chi connectivity index (χ0v) is 13.4. The van der Waals surface area contributed by atoms with Crippen LogP contribution in [-0.2, 0) is 19.4 Å². The highest BCUT2D eigenvalue weighted by molar-refractivity contribution is 7.91. The summed E-state index contributed by atoms with van der Waals surface area (Å²) in [5, 5.41) is 2.55. The number of esters is 1. The van der Waals surface area contributed by atoms with Crippen LogP contribution in [0.15, 0.2) is 29.2 Å². The van der Waals surface area contributed by atoms with E-state index in [9.17, 15) is 26.8 Å². The summed E-state index contributed by atoms with van der Waals surface area (Å²) < 4.78 is 52.2. The summed E-state index contributed by atoms with van der Waals surface area (Å²) in [5.41, 5.74) is -0.0478. The van der Waals surface area contributed by atoms with Crippen LogP contribution in [-0.4, -0.2) is 38.7 Å². The lowest BCUT2D eigenvalue weighted by molar-refractivity contribution is -0.129. The van der Waals surface area contributed by atoms with Crippen molar-refractivity contribution < 1.29 is 31.5 Å². The average molecular weight is 349 g/mol. The lowest BCUT2D eigenvalue weighted by Crippen LogP contribution is -2.36. The number of rotatable bonds is 7. The number of hydrogen-bond donors (Lipinski definition) is 1. The van der Waals surface area contributed by atoms with Gasteiger partial charge in [0, 0.05) is 6.54 Å². The first kappa shape index (κ1) is 19.0. The number of ether oxygens (including phenoxy) is 1. The molecular weight excluding hydrogens is 332 g/mol. The molecular formula is C14H17F2NO5S. The Bertz CT molecular complexity index is 658. The Morgan fingerprint density at radius 3 is 2.26 bits per heavy atom. The van der Waals surface area contributed by atoms with Gasteiger partial charge in [-0.15, -0.1) is 0 Å². The van der Waals surface area contributed by atoms with E-state index in [4.69, 9.17) is 4.74 Å². The van der Waals surface area contributed by atoms with Crippen molar-refractivity contribution in [2.45, 2.75) is 37.0 Å². The van der Waals surface area contributed by atoms with E-state index in [0.717, 1.165) is 30.7 Å². The zero-order valence-electron chi connectivity index (χ0n) is 12.6. The molecule has 1 amide bonds. The lowest BCUT2D eigenvalue weighted by Gasteiger charge is -2.13. The van der Waals surface area contributed by atoms with Crippen molar-refractivity contribution in [2.24, 2.45) is 0 Å². The van der Waals surface area contributed by atoms with Crippen LogP contribution in [0, 0.1) is 0 Å². The normalized spacial score (nSPS) is 12.7. The fraction of sp³-hybridized carbons (Fsp3) is 0.429. The van der Waals surface area contributed by atoms with E-state index in [-0.39, 0.29) is 5.56 Å². The van der Waals surface area contributed by atoms with Crippen LogP contribution < -0.4 is 5.32 Å². The van der Waals surface area contributed by atoms with E-state index in [1.165, 1.54) is 6.92 Å². The monoisotopic (exact) mass is 349 g/mol. The number of carbonyl (C=O) groups is 2. The second-order valence-electron chi connectivity index (χ2n) is 4.67. The highest BCUT2D eigenvalue weighted by atomic mass is 32.2. The van der Waals surface area contributed by atoms with Gasteiger partial charge in [0.05, 0.1) is 10.5 Å². The maximum Gasteiger partial charge on any atom is 0.341 e. The Morgan fingerprint density at radius 1 is 1.22 bits per heavy atom. The number of alkyl halides is 2. The van der Waals surface area contributed by atoms with Crippen LogP contribution in [0.25, 0.3) is 0 Å².